The predicted octanol–water partition coefficient (Wildman–Crippen LogP) is 5.67. The number of ether oxygens (including phenoxy) is 1. The zero-order valence-corrected chi connectivity index (χ0v) is 15.6. The summed E-state index contributed by atoms with van der Waals surface area (Å²) in [6.45, 7) is 5.39. The summed E-state index contributed by atoms with van der Waals surface area (Å²) in [5, 5.41) is 6.09. The van der Waals surface area contributed by atoms with Crippen LogP contribution in [0.15, 0.2) is 18.2 Å². The highest BCUT2D eigenvalue weighted by Gasteiger charge is 2.32. The Balaban J connectivity index is 2.27. The molecule has 1 aromatic carbocycles. The lowest BCUT2D eigenvalue weighted by atomic mass is 10.2. The zero-order valence-electron chi connectivity index (χ0n) is 14.1. The number of carbonyl (C=O) groups excluding carboxylic acids is 1. The number of aromatic nitrogens is 2. The van der Waals surface area contributed by atoms with Gasteiger partial charge in [0.25, 0.3) is 0 Å². The first kappa shape index (κ1) is 20.4. The molecule has 142 valence electrons. The molecule has 5 nitrogen and oxygen atoms in total. The van der Waals surface area contributed by atoms with Crippen molar-refractivity contribution in [3.05, 3.63) is 39.5 Å². The van der Waals surface area contributed by atoms with E-state index in [1.165, 1.54) is 6.07 Å². The maximum absolute atomic E-state index is 12.8. The number of amides is 1. The summed E-state index contributed by atoms with van der Waals surface area (Å²) in [6.07, 6.45) is -3.84. The third-order valence-corrected chi connectivity index (χ3v) is 4.13. The Hall–Kier alpha value is -1.93. The number of aryl methyl sites for hydroxylation is 1. The summed E-state index contributed by atoms with van der Waals surface area (Å²) in [5.74, 6) is -0.196. The molecule has 2 rings (SSSR count). The highest BCUT2D eigenvalue weighted by molar-refractivity contribution is 6.37. The fourth-order valence-electron chi connectivity index (χ4n) is 2.00. The molecule has 1 heterocycles. The molecule has 0 aliphatic heterocycles. The molecule has 0 aliphatic carbocycles. The van der Waals surface area contributed by atoms with Crippen molar-refractivity contribution in [2.75, 3.05) is 0 Å². The number of hydrogen-bond donors (Lipinski definition) is 1. The van der Waals surface area contributed by atoms with Crippen LogP contribution >= 0.6 is 23.2 Å². The third kappa shape index (κ3) is 4.62. The third-order valence-electron chi connectivity index (χ3n) is 3.57. The Bertz CT molecular complexity index is 799. The first-order chi connectivity index (χ1) is 12.0. The fraction of sp³-hybridized carbons (Fsp3) is 0.375. The van der Waals surface area contributed by atoms with Crippen molar-refractivity contribution < 1.29 is 22.7 Å². The van der Waals surface area contributed by atoms with E-state index in [1.807, 2.05) is 13.8 Å². The van der Waals surface area contributed by atoms with Gasteiger partial charge in [0.2, 0.25) is 5.88 Å². The van der Waals surface area contributed by atoms with E-state index in [1.54, 1.807) is 6.92 Å². The number of nitrogens with one attached hydrogen (secondary N) is 1. The van der Waals surface area contributed by atoms with Crippen molar-refractivity contribution in [1.82, 2.24) is 15.1 Å². The Morgan fingerprint density at radius 1 is 1.31 bits per heavy atom. The average molecular weight is 410 g/mol. The van der Waals surface area contributed by atoms with E-state index in [0.29, 0.717) is 17.8 Å². The van der Waals surface area contributed by atoms with Crippen molar-refractivity contribution in [1.29, 1.82) is 0 Å². The Labute approximate surface area is 158 Å². The summed E-state index contributed by atoms with van der Waals surface area (Å²) in [5.41, 5.74) is -0.519. The first-order valence-electron chi connectivity index (χ1n) is 7.64. The van der Waals surface area contributed by atoms with Crippen molar-refractivity contribution in [3.8, 4) is 11.6 Å². The quantitative estimate of drug-likeness (QED) is 0.707. The minimum Gasteiger partial charge on any atom is -0.434 e. The lowest BCUT2D eigenvalue weighted by molar-refractivity contribution is -0.137. The van der Waals surface area contributed by atoms with Crippen LogP contribution in [0.1, 0.15) is 31.5 Å². The average Bonchev–Trinajstić information content (AvgIpc) is 2.90. The topological polar surface area (TPSA) is 56.2 Å². The Kier molecular flexibility index (Phi) is 6.08. The van der Waals surface area contributed by atoms with E-state index in [2.05, 4.69) is 10.4 Å². The second-order valence-corrected chi connectivity index (χ2v) is 6.48. The highest BCUT2D eigenvalue weighted by atomic mass is 35.5. The van der Waals surface area contributed by atoms with Gasteiger partial charge in [-0.05, 0) is 32.4 Å². The molecule has 0 radical (unpaired) electrons. The van der Waals surface area contributed by atoms with Gasteiger partial charge >= 0.3 is 12.2 Å². The lowest BCUT2D eigenvalue weighted by Gasteiger charge is -2.12. The number of carbonyl (C=O) groups is 1. The van der Waals surface area contributed by atoms with E-state index < -0.39 is 17.8 Å². The van der Waals surface area contributed by atoms with Gasteiger partial charge in [0.15, 0.2) is 5.75 Å². The molecular formula is C16H16Cl2F3N3O2. The number of nitrogens with zero attached hydrogens (tertiary/aromatic N) is 2. The summed E-state index contributed by atoms with van der Waals surface area (Å²) < 4.78 is 44.8. The van der Waals surface area contributed by atoms with Crippen molar-refractivity contribution in [2.45, 2.75) is 39.4 Å². The second-order valence-electron chi connectivity index (χ2n) is 5.66. The number of hydrogen-bond acceptors (Lipinski definition) is 3. The smallest absolute Gasteiger partial charge is 0.416 e. The SMILES string of the molecule is CCC(C)NC(=O)n1nc(Oc2c(Cl)cc(C(F)(F)F)cc2Cl)cc1C. The molecule has 26 heavy (non-hydrogen) atoms. The van der Waals surface area contributed by atoms with Gasteiger partial charge in [-0.1, -0.05) is 30.1 Å². The Morgan fingerprint density at radius 2 is 1.88 bits per heavy atom. The minimum atomic E-state index is -4.59. The van der Waals surface area contributed by atoms with Crippen LogP contribution in [-0.4, -0.2) is 21.9 Å². The van der Waals surface area contributed by atoms with E-state index >= 15 is 0 Å². The minimum absolute atomic E-state index is 0.0228. The van der Waals surface area contributed by atoms with E-state index in [9.17, 15) is 18.0 Å². The summed E-state index contributed by atoms with van der Waals surface area (Å²) in [6, 6.07) is 2.37. The molecule has 0 spiro atoms. The van der Waals surface area contributed by atoms with Gasteiger partial charge in [-0.3, -0.25) is 0 Å². The van der Waals surface area contributed by atoms with Crippen LogP contribution < -0.4 is 10.1 Å². The largest absolute Gasteiger partial charge is 0.434 e. The molecule has 10 heteroatoms. The lowest BCUT2D eigenvalue weighted by Crippen LogP contribution is -2.36. The number of rotatable bonds is 4. The predicted molar refractivity (Wildman–Crippen MR) is 92.2 cm³/mol. The molecule has 1 aromatic heterocycles. The molecule has 0 bridgehead atoms. The Morgan fingerprint density at radius 3 is 2.38 bits per heavy atom. The maximum Gasteiger partial charge on any atom is 0.416 e. The van der Waals surface area contributed by atoms with Crippen LogP contribution in [-0.2, 0) is 6.18 Å². The molecule has 0 fully saturated rings. The molecule has 0 aliphatic rings. The number of halogens is 5. The number of alkyl halides is 3. The summed E-state index contributed by atoms with van der Waals surface area (Å²) in [7, 11) is 0. The van der Waals surface area contributed by atoms with Crippen LogP contribution in [0.25, 0.3) is 0 Å². The second kappa shape index (κ2) is 7.75. The van der Waals surface area contributed by atoms with E-state index in [-0.39, 0.29) is 27.7 Å². The normalized spacial score (nSPS) is 12.8. The molecular weight excluding hydrogens is 394 g/mol. The standard InChI is InChI=1S/C16H16Cl2F3N3O2/c1-4-8(2)22-15(25)24-9(3)5-13(23-24)26-14-11(17)6-10(7-12(14)18)16(19,20)21/h5-8H,4H2,1-3H3,(H,22,25). The van der Waals surface area contributed by atoms with E-state index in [0.717, 1.165) is 11.1 Å². The van der Waals surface area contributed by atoms with Crippen LogP contribution in [0.2, 0.25) is 10.0 Å². The monoisotopic (exact) mass is 409 g/mol. The van der Waals surface area contributed by atoms with Crippen LogP contribution in [0.5, 0.6) is 11.6 Å². The van der Waals surface area contributed by atoms with Gasteiger partial charge < -0.3 is 10.1 Å². The zero-order chi connectivity index (χ0) is 19.6. The molecule has 1 unspecified atom stereocenters. The first-order valence-corrected chi connectivity index (χ1v) is 8.40. The molecule has 1 atom stereocenters. The van der Waals surface area contributed by atoms with Gasteiger partial charge in [-0.15, -0.1) is 5.10 Å². The van der Waals surface area contributed by atoms with E-state index in [4.69, 9.17) is 27.9 Å². The molecule has 1 N–H and O–H groups in total. The highest BCUT2D eigenvalue weighted by Crippen LogP contribution is 2.41. The van der Waals surface area contributed by atoms with Gasteiger partial charge in [-0.2, -0.15) is 17.9 Å². The van der Waals surface area contributed by atoms with Gasteiger partial charge in [0.05, 0.1) is 21.3 Å². The summed E-state index contributed by atoms with van der Waals surface area (Å²) in [4.78, 5) is 12.1. The van der Waals surface area contributed by atoms with Gasteiger partial charge in [-0.25, -0.2) is 4.79 Å². The van der Waals surface area contributed by atoms with Crippen LogP contribution in [0.3, 0.4) is 0 Å². The summed E-state index contributed by atoms with van der Waals surface area (Å²) >= 11 is 11.7. The van der Waals surface area contributed by atoms with Crippen LogP contribution in [0, 0.1) is 6.92 Å². The molecule has 1 amide bonds. The number of benzene rings is 1. The molecule has 0 saturated heterocycles. The van der Waals surface area contributed by atoms with Crippen molar-refractivity contribution in [3.63, 3.8) is 0 Å². The van der Waals surface area contributed by atoms with Gasteiger partial charge in [0, 0.05) is 12.1 Å². The maximum atomic E-state index is 12.8. The fourth-order valence-corrected chi connectivity index (χ4v) is 2.57. The van der Waals surface area contributed by atoms with Crippen molar-refractivity contribution in [2.24, 2.45) is 0 Å². The van der Waals surface area contributed by atoms with Crippen LogP contribution in [0.4, 0.5) is 18.0 Å². The van der Waals surface area contributed by atoms with Crippen molar-refractivity contribution >= 4 is 29.2 Å². The van der Waals surface area contributed by atoms with Gasteiger partial charge in [0.1, 0.15) is 0 Å². The molecule has 2 aromatic rings. The molecule has 0 saturated carbocycles.